The van der Waals surface area contributed by atoms with Gasteiger partial charge in [-0.05, 0) is 48.0 Å². The number of rotatable bonds is 5. The Morgan fingerprint density at radius 2 is 1.49 bits per heavy atom. The lowest BCUT2D eigenvalue weighted by Crippen LogP contribution is -2.25. The highest BCUT2D eigenvalue weighted by Crippen LogP contribution is 2.44. The van der Waals surface area contributed by atoms with Crippen molar-refractivity contribution in [3.63, 3.8) is 0 Å². The minimum absolute atomic E-state index is 0.0811. The Morgan fingerprint density at radius 1 is 0.886 bits per heavy atom. The van der Waals surface area contributed by atoms with Crippen LogP contribution in [-0.2, 0) is 4.79 Å². The van der Waals surface area contributed by atoms with Crippen LogP contribution in [0.4, 0.5) is 11.6 Å². The zero-order valence-corrected chi connectivity index (χ0v) is 19.4. The molecule has 0 bridgehead atoms. The van der Waals surface area contributed by atoms with Crippen molar-refractivity contribution in [1.29, 1.82) is 5.26 Å². The van der Waals surface area contributed by atoms with E-state index in [1.54, 1.807) is 21.3 Å². The average Bonchev–Trinajstić information content (AvgIpc) is 3.39. The van der Waals surface area contributed by atoms with Gasteiger partial charge < -0.3 is 18.8 Å². The van der Waals surface area contributed by atoms with Crippen LogP contribution in [-0.4, -0.2) is 32.9 Å². The molecule has 1 aliphatic rings. The Labute approximate surface area is 202 Å². The van der Waals surface area contributed by atoms with Crippen LogP contribution < -0.4 is 14.4 Å². The number of anilines is 1. The zero-order chi connectivity index (χ0) is 24.5. The summed E-state index contributed by atoms with van der Waals surface area (Å²) in [7, 11) is 4.89. The van der Waals surface area contributed by atoms with Crippen molar-refractivity contribution < 1.29 is 18.7 Å². The number of likely N-dealkylation sites (N-methyl/N-ethyl adjacent to an activating group) is 1. The van der Waals surface area contributed by atoms with E-state index >= 15 is 0 Å². The topological polar surface area (TPSA) is 88.1 Å². The summed E-state index contributed by atoms with van der Waals surface area (Å²) < 4.78 is 16.8. The molecule has 0 saturated heterocycles. The number of fused-ring (bicyclic) bond motifs is 1. The molecule has 3 aromatic carbocycles. The molecule has 0 radical (unpaired) electrons. The van der Waals surface area contributed by atoms with Crippen LogP contribution in [0, 0.1) is 11.3 Å². The third-order valence-electron chi connectivity index (χ3n) is 5.97. The molecular formula is C28H21N3O4. The number of ether oxygens (including phenoxy) is 2. The number of hydrogen-bond acceptors (Lipinski definition) is 6. The Hall–Kier alpha value is -4.83. The van der Waals surface area contributed by atoms with Gasteiger partial charge in [0.1, 0.15) is 34.6 Å². The molecule has 35 heavy (non-hydrogen) atoms. The second kappa shape index (κ2) is 8.84. The second-order valence-corrected chi connectivity index (χ2v) is 7.90. The van der Waals surface area contributed by atoms with Gasteiger partial charge in [-0.15, -0.1) is 0 Å². The van der Waals surface area contributed by atoms with Gasteiger partial charge in [0.15, 0.2) is 0 Å². The number of carbonyl (C=O) groups is 1. The fourth-order valence-corrected chi connectivity index (χ4v) is 4.14. The molecule has 1 aromatic heterocycles. The Kier molecular flexibility index (Phi) is 5.55. The quantitative estimate of drug-likeness (QED) is 0.384. The highest BCUT2D eigenvalue weighted by molar-refractivity contribution is 6.54. The van der Waals surface area contributed by atoms with E-state index < -0.39 is 0 Å². The van der Waals surface area contributed by atoms with Crippen molar-refractivity contribution in [2.45, 2.75) is 0 Å². The van der Waals surface area contributed by atoms with E-state index in [4.69, 9.17) is 13.9 Å². The summed E-state index contributed by atoms with van der Waals surface area (Å²) in [5, 5.41) is 10.2. The summed E-state index contributed by atoms with van der Waals surface area (Å²) in [4.78, 5) is 19.1. The van der Waals surface area contributed by atoms with Crippen LogP contribution in [0.5, 0.6) is 11.5 Å². The highest BCUT2D eigenvalue weighted by Gasteiger charge is 2.32. The Morgan fingerprint density at radius 3 is 2.09 bits per heavy atom. The lowest BCUT2D eigenvalue weighted by atomic mass is 9.98. The molecule has 0 N–H and O–H groups in total. The zero-order valence-electron chi connectivity index (χ0n) is 19.4. The molecule has 2 heterocycles. The normalized spacial score (nSPS) is 13.6. The molecule has 0 atom stereocenters. The van der Waals surface area contributed by atoms with Crippen LogP contribution in [0.15, 0.2) is 82.2 Å². The number of methoxy groups -OCH3 is 2. The predicted molar refractivity (Wildman–Crippen MR) is 133 cm³/mol. The van der Waals surface area contributed by atoms with Gasteiger partial charge in [-0.3, -0.25) is 4.79 Å². The van der Waals surface area contributed by atoms with Gasteiger partial charge in [-0.2, -0.15) is 5.26 Å². The van der Waals surface area contributed by atoms with Crippen molar-refractivity contribution in [2.75, 3.05) is 26.2 Å². The minimum Gasteiger partial charge on any atom is -0.497 e. The Balaban J connectivity index is 1.73. The van der Waals surface area contributed by atoms with E-state index in [2.05, 4.69) is 11.1 Å². The van der Waals surface area contributed by atoms with Crippen molar-refractivity contribution in [3.05, 3.63) is 83.9 Å². The molecule has 0 saturated carbocycles. The maximum atomic E-state index is 13.0. The van der Waals surface area contributed by atoms with Crippen LogP contribution in [0.25, 0.3) is 22.5 Å². The third-order valence-corrected chi connectivity index (χ3v) is 5.97. The van der Waals surface area contributed by atoms with E-state index in [0.29, 0.717) is 28.4 Å². The van der Waals surface area contributed by atoms with Gasteiger partial charge >= 0.3 is 0 Å². The molecule has 1 amide bonds. The van der Waals surface area contributed by atoms with Crippen molar-refractivity contribution >= 4 is 23.2 Å². The number of benzene rings is 3. The standard InChI is InChI=1S/C28H21N3O4/c1-31-23-7-5-4-6-21(23)25(28(31)32)30-27-22(16-29)24(17-8-12-19(33-2)13-9-17)26(35-27)18-10-14-20(34-3)15-11-18/h4-15H,1-3H3. The SMILES string of the molecule is COc1ccc(-c2oc(N=C3C(=O)N(C)c4ccccc43)c(C#N)c2-c2ccc(OC)cc2)cc1. The third kappa shape index (κ3) is 3.71. The number of furan rings is 1. The Bertz CT molecular complexity index is 1490. The lowest BCUT2D eigenvalue weighted by molar-refractivity contribution is -0.111. The molecule has 5 rings (SSSR count). The fourth-order valence-electron chi connectivity index (χ4n) is 4.14. The molecule has 172 valence electrons. The van der Waals surface area contributed by atoms with Gasteiger partial charge in [0.05, 0.1) is 19.9 Å². The summed E-state index contributed by atoms with van der Waals surface area (Å²) >= 11 is 0. The molecule has 0 unspecified atom stereocenters. The monoisotopic (exact) mass is 463 g/mol. The summed E-state index contributed by atoms with van der Waals surface area (Å²) in [6.07, 6.45) is 0. The number of amides is 1. The van der Waals surface area contributed by atoms with E-state index in [1.807, 2.05) is 72.8 Å². The lowest BCUT2D eigenvalue weighted by Gasteiger charge is -2.07. The van der Waals surface area contributed by atoms with Crippen LogP contribution in [0.3, 0.4) is 0 Å². The first-order valence-electron chi connectivity index (χ1n) is 10.9. The van der Waals surface area contributed by atoms with Crippen molar-refractivity contribution in [2.24, 2.45) is 4.99 Å². The molecule has 4 aromatic rings. The first-order chi connectivity index (χ1) is 17.0. The van der Waals surface area contributed by atoms with Crippen LogP contribution in [0.1, 0.15) is 11.1 Å². The van der Waals surface area contributed by atoms with Gasteiger partial charge in [0.25, 0.3) is 5.91 Å². The molecule has 1 aliphatic heterocycles. The molecule has 0 fully saturated rings. The summed E-state index contributed by atoms with van der Waals surface area (Å²) in [6, 6.07) is 24.3. The number of hydrogen-bond donors (Lipinski definition) is 0. The number of nitrogens with zero attached hydrogens (tertiary/aromatic N) is 3. The summed E-state index contributed by atoms with van der Waals surface area (Å²) in [5.74, 6) is 1.68. The van der Waals surface area contributed by atoms with E-state index in [0.717, 1.165) is 16.8 Å². The predicted octanol–water partition coefficient (Wildman–Crippen LogP) is 5.60. The summed E-state index contributed by atoms with van der Waals surface area (Å²) in [6.45, 7) is 0. The van der Waals surface area contributed by atoms with E-state index in [9.17, 15) is 10.1 Å². The molecular weight excluding hydrogens is 442 g/mol. The average molecular weight is 463 g/mol. The molecule has 0 aliphatic carbocycles. The van der Waals surface area contributed by atoms with Gasteiger partial charge in [-0.1, -0.05) is 30.3 Å². The van der Waals surface area contributed by atoms with Crippen molar-refractivity contribution in [1.82, 2.24) is 0 Å². The number of carbonyl (C=O) groups excluding carboxylic acids is 1. The highest BCUT2D eigenvalue weighted by atomic mass is 16.5. The minimum atomic E-state index is -0.261. The first kappa shape index (κ1) is 22.0. The molecule has 7 heteroatoms. The van der Waals surface area contributed by atoms with Gasteiger partial charge in [0.2, 0.25) is 5.88 Å². The van der Waals surface area contributed by atoms with Gasteiger partial charge in [0, 0.05) is 23.7 Å². The van der Waals surface area contributed by atoms with E-state index in [1.165, 1.54) is 4.90 Å². The van der Waals surface area contributed by atoms with Crippen molar-refractivity contribution in [3.8, 4) is 40.0 Å². The number of nitriles is 1. The summed E-state index contributed by atoms with van der Waals surface area (Å²) in [5.41, 5.74) is 4.02. The smallest absolute Gasteiger partial charge is 0.277 e. The second-order valence-electron chi connectivity index (χ2n) is 7.90. The number of aliphatic imine (C=N–C) groups is 1. The van der Waals surface area contributed by atoms with E-state index in [-0.39, 0.29) is 23.1 Å². The molecule has 7 nitrogen and oxygen atoms in total. The van der Waals surface area contributed by atoms with Gasteiger partial charge in [-0.25, -0.2) is 4.99 Å². The molecule has 0 spiro atoms. The maximum Gasteiger partial charge on any atom is 0.277 e. The van der Waals surface area contributed by atoms with Crippen LogP contribution >= 0.6 is 0 Å². The number of para-hydroxylation sites is 1. The maximum absolute atomic E-state index is 13.0. The fraction of sp³-hybridized carbons (Fsp3) is 0.107. The largest absolute Gasteiger partial charge is 0.497 e. The van der Waals surface area contributed by atoms with Crippen LogP contribution in [0.2, 0.25) is 0 Å². The first-order valence-corrected chi connectivity index (χ1v) is 10.9.